The number of carbonyl (C=O) groups is 2. The van der Waals surface area contributed by atoms with Gasteiger partial charge in [0.05, 0.1) is 5.56 Å². The second-order valence-electron chi connectivity index (χ2n) is 6.42. The number of hydrogen-bond acceptors (Lipinski definition) is 3. The molecule has 130 valence electrons. The molecule has 0 saturated heterocycles. The number of carbonyl (C=O) groups excluding carboxylic acids is 1. The molecule has 0 heterocycles. The van der Waals surface area contributed by atoms with Crippen molar-refractivity contribution < 1.29 is 14.7 Å². The Morgan fingerprint density at radius 3 is 2.36 bits per heavy atom. The van der Waals surface area contributed by atoms with E-state index in [4.69, 9.17) is 5.11 Å². The lowest BCUT2D eigenvalue weighted by molar-refractivity contribution is -0.122. The normalized spacial score (nSPS) is 13.9. The number of carboxylic acid groups (broad SMARTS) is 1. The molecule has 0 atom stereocenters. The van der Waals surface area contributed by atoms with E-state index in [1.54, 1.807) is 12.1 Å². The summed E-state index contributed by atoms with van der Waals surface area (Å²) in [5.41, 5.74) is 3.24. The molecule has 2 aromatic carbocycles. The molecule has 1 aliphatic rings. The summed E-state index contributed by atoms with van der Waals surface area (Å²) in [6, 6.07) is 14.7. The van der Waals surface area contributed by atoms with Crippen LogP contribution < -0.4 is 10.6 Å². The quantitative estimate of drug-likeness (QED) is 0.723. The van der Waals surface area contributed by atoms with Gasteiger partial charge in [0.15, 0.2) is 0 Å². The van der Waals surface area contributed by atoms with Crippen LogP contribution in [0.25, 0.3) is 0 Å². The summed E-state index contributed by atoms with van der Waals surface area (Å²) in [5, 5.41) is 15.2. The van der Waals surface area contributed by atoms with Crippen LogP contribution in [0.3, 0.4) is 0 Å². The molecule has 3 rings (SSSR count). The van der Waals surface area contributed by atoms with E-state index in [2.05, 4.69) is 10.6 Å². The molecule has 0 aliphatic heterocycles. The van der Waals surface area contributed by atoms with Crippen molar-refractivity contribution in [2.24, 2.45) is 5.92 Å². The average molecular weight is 338 g/mol. The van der Waals surface area contributed by atoms with Gasteiger partial charge in [0.1, 0.15) is 0 Å². The van der Waals surface area contributed by atoms with Gasteiger partial charge in [-0.15, -0.1) is 0 Å². The molecule has 2 aromatic rings. The van der Waals surface area contributed by atoms with E-state index in [0.29, 0.717) is 18.7 Å². The summed E-state index contributed by atoms with van der Waals surface area (Å²) < 4.78 is 0. The number of anilines is 1. The zero-order chi connectivity index (χ0) is 17.6. The summed E-state index contributed by atoms with van der Waals surface area (Å²) in [5.74, 6) is -0.620. The number of carboxylic acids is 1. The Labute approximate surface area is 147 Å². The molecule has 1 saturated carbocycles. The molecule has 5 heteroatoms. The van der Waals surface area contributed by atoms with Gasteiger partial charge >= 0.3 is 5.97 Å². The van der Waals surface area contributed by atoms with E-state index in [-0.39, 0.29) is 11.8 Å². The van der Waals surface area contributed by atoms with E-state index in [0.717, 1.165) is 36.1 Å². The zero-order valence-corrected chi connectivity index (χ0v) is 14.0. The Kier molecular flexibility index (Phi) is 5.46. The Hall–Kier alpha value is -2.66. The van der Waals surface area contributed by atoms with Gasteiger partial charge in [-0.3, -0.25) is 4.79 Å². The Morgan fingerprint density at radius 2 is 1.72 bits per heavy atom. The first-order valence-corrected chi connectivity index (χ1v) is 8.54. The lowest BCUT2D eigenvalue weighted by Gasteiger charge is -2.24. The fourth-order valence-electron chi connectivity index (χ4n) is 2.79. The Balaban J connectivity index is 1.50. The third-order valence-electron chi connectivity index (χ3n) is 4.53. The molecule has 25 heavy (non-hydrogen) atoms. The van der Waals surface area contributed by atoms with Crippen molar-refractivity contribution in [2.75, 3.05) is 5.32 Å². The van der Waals surface area contributed by atoms with Crippen molar-refractivity contribution >= 4 is 17.6 Å². The number of benzene rings is 2. The van der Waals surface area contributed by atoms with Crippen LogP contribution in [-0.2, 0) is 17.9 Å². The summed E-state index contributed by atoms with van der Waals surface area (Å²) in [4.78, 5) is 22.9. The maximum absolute atomic E-state index is 12.0. The van der Waals surface area contributed by atoms with Crippen LogP contribution in [0.15, 0.2) is 48.5 Å². The van der Waals surface area contributed by atoms with Crippen LogP contribution in [0.4, 0.5) is 5.69 Å². The van der Waals surface area contributed by atoms with Gasteiger partial charge in [0.25, 0.3) is 0 Å². The number of amides is 1. The van der Waals surface area contributed by atoms with E-state index < -0.39 is 5.97 Å². The highest BCUT2D eigenvalue weighted by molar-refractivity contribution is 5.93. The van der Waals surface area contributed by atoms with Gasteiger partial charge in [0.2, 0.25) is 5.91 Å². The minimum atomic E-state index is -0.916. The summed E-state index contributed by atoms with van der Waals surface area (Å²) in [7, 11) is 0. The number of aromatic carboxylic acids is 1. The summed E-state index contributed by atoms with van der Waals surface area (Å²) >= 11 is 0. The van der Waals surface area contributed by atoms with Crippen LogP contribution in [0.5, 0.6) is 0 Å². The smallest absolute Gasteiger partial charge is 0.335 e. The van der Waals surface area contributed by atoms with Crippen LogP contribution in [0.1, 0.15) is 40.7 Å². The first kappa shape index (κ1) is 17.2. The molecule has 0 unspecified atom stereocenters. The predicted molar refractivity (Wildman–Crippen MR) is 96.4 cm³/mol. The van der Waals surface area contributed by atoms with Crippen LogP contribution >= 0.6 is 0 Å². The average Bonchev–Trinajstić information content (AvgIpc) is 2.54. The Bertz CT molecular complexity index is 752. The molecule has 1 fully saturated rings. The van der Waals surface area contributed by atoms with Crippen molar-refractivity contribution in [1.29, 1.82) is 0 Å². The molecule has 0 bridgehead atoms. The molecule has 3 N–H and O–H groups in total. The highest BCUT2D eigenvalue weighted by Gasteiger charge is 2.25. The maximum Gasteiger partial charge on any atom is 0.335 e. The third kappa shape index (κ3) is 4.67. The highest BCUT2D eigenvalue weighted by atomic mass is 16.4. The maximum atomic E-state index is 12.0. The third-order valence-corrected chi connectivity index (χ3v) is 4.53. The van der Waals surface area contributed by atoms with Gasteiger partial charge in [-0.1, -0.05) is 30.7 Å². The first-order chi connectivity index (χ1) is 12.1. The molecule has 5 nitrogen and oxygen atoms in total. The van der Waals surface area contributed by atoms with E-state index in [9.17, 15) is 9.59 Å². The fraction of sp³-hybridized carbons (Fsp3) is 0.300. The van der Waals surface area contributed by atoms with Crippen molar-refractivity contribution in [3.05, 3.63) is 65.2 Å². The Morgan fingerprint density at radius 1 is 1.00 bits per heavy atom. The molecule has 1 amide bonds. The predicted octanol–water partition coefficient (Wildman–Crippen LogP) is 3.41. The lowest BCUT2D eigenvalue weighted by Crippen LogP contribution is -2.28. The van der Waals surface area contributed by atoms with Crippen molar-refractivity contribution in [2.45, 2.75) is 32.4 Å². The van der Waals surface area contributed by atoms with Crippen LogP contribution in [-0.4, -0.2) is 17.0 Å². The first-order valence-electron chi connectivity index (χ1n) is 8.54. The topological polar surface area (TPSA) is 78.4 Å². The molecular formula is C20H22N2O3. The molecule has 0 spiro atoms. The molecule has 0 aromatic heterocycles. The van der Waals surface area contributed by atoms with Gasteiger partial charge < -0.3 is 15.7 Å². The van der Waals surface area contributed by atoms with Gasteiger partial charge in [-0.05, 0) is 48.2 Å². The van der Waals surface area contributed by atoms with Crippen molar-refractivity contribution in [1.82, 2.24) is 5.32 Å². The van der Waals surface area contributed by atoms with Gasteiger partial charge in [-0.25, -0.2) is 4.79 Å². The van der Waals surface area contributed by atoms with E-state index >= 15 is 0 Å². The number of hydrogen-bond donors (Lipinski definition) is 3. The van der Waals surface area contributed by atoms with Gasteiger partial charge in [-0.2, -0.15) is 0 Å². The molecule has 0 radical (unpaired) electrons. The van der Waals surface area contributed by atoms with Crippen molar-refractivity contribution in [3.8, 4) is 0 Å². The summed E-state index contributed by atoms with van der Waals surface area (Å²) in [6.45, 7) is 1.33. The SMILES string of the molecule is O=C(O)c1ccc(CNCc2cccc(NC(=O)C3CCC3)c2)cc1. The minimum absolute atomic E-state index is 0.120. The van der Waals surface area contributed by atoms with E-state index in [1.807, 2.05) is 36.4 Å². The fourth-order valence-corrected chi connectivity index (χ4v) is 2.79. The molecule has 1 aliphatic carbocycles. The summed E-state index contributed by atoms with van der Waals surface area (Å²) in [6.07, 6.45) is 3.14. The van der Waals surface area contributed by atoms with Crippen LogP contribution in [0.2, 0.25) is 0 Å². The lowest BCUT2D eigenvalue weighted by atomic mass is 9.85. The minimum Gasteiger partial charge on any atom is -0.478 e. The molecular weight excluding hydrogens is 316 g/mol. The van der Waals surface area contributed by atoms with Crippen molar-refractivity contribution in [3.63, 3.8) is 0 Å². The monoisotopic (exact) mass is 338 g/mol. The van der Waals surface area contributed by atoms with E-state index in [1.165, 1.54) is 0 Å². The number of rotatable bonds is 7. The van der Waals surface area contributed by atoms with Gasteiger partial charge in [0, 0.05) is 24.7 Å². The second-order valence-corrected chi connectivity index (χ2v) is 6.42. The largest absolute Gasteiger partial charge is 0.478 e. The number of nitrogens with one attached hydrogen (secondary N) is 2. The standard InChI is InChI=1S/C20H22N2O3/c23-19(16-4-2-5-16)22-18-6-1-3-15(11-18)13-21-12-14-7-9-17(10-8-14)20(24)25/h1,3,6-11,16,21H,2,4-5,12-13H2,(H,22,23)(H,24,25). The zero-order valence-electron chi connectivity index (χ0n) is 14.0. The second kappa shape index (κ2) is 7.94. The van der Waals surface area contributed by atoms with Crippen LogP contribution in [0, 0.1) is 5.92 Å². The highest BCUT2D eigenvalue weighted by Crippen LogP contribution is 2.27.